The number of aromatic nitrogens is 2. The first-order valence-corrected chi connectivity index (χ1v) is 7.45. The Bertz CT molecular complexity index is 580. The fraction of sp³-hybridized carbons (Fsp3) is 0.400. The van der Waals surface area contributed by atoms with Crippen LogP contribution in [-0.2, 0) is 11.3 Å². The number of ether oxygens (including phenoxy) is 1. The van der Waals surface area contributed by atoms with Gasteiger partial charge in [-0.15, -0.1) is 0 Å². The van der Waals surface area contributed by atoms with E-state index in [0.717, 1.165) is 41.4 Å². The van der Waals surface area contributed by atoms with Crippen molar-refractivity contribution >= 4 is 27.6 Å². The topological polar surface area (TPSA) is 39.1 Å². The second-order valence-electron chi connectivity index (χ2n) is 4.85. The molecule has 4 nitrogen and oxygen atoms in total. The predicted octanol–water partition coefficient (Wildman–Crippen LogP) is 4.04. The maximum atomic E-state index is 5.10. The van der Waals surface area contributed by atoms with Crippen LogP contribution in [0.25, 0.3) is 0 Å². The molecule has 1 N–H and O–H groups in total. The van der Waals surface area contributed by atoms with Crippen LogP contribution >= 0.6 is 15.9 Å². The summed E-state index contributed by atoms with van der Waals surface area (Å²) in [6, 6.07) is 6.22. The van der Waals surface area contributed by atoms with Crippen LogP contribution in [0.4, 0.5) is 11.6 Å². The number of methoxy groups -OCH3 is 1. The van der Waals surface area contributed by atoms with E-state index in [1.165, 1.54) is 5.56 Å². The SMILES string of the molecule is COCCCn1cc(C)nc1Nc1cc(C)ccc1Br. The molecule has 0 aliphatic rings. The molecule has 108 valence electrons. The Hall–Kier alpha value is -1.33. The van der Waals surface area contributed by atoms with Crippen LogP contribution in [-0.4, -0.2) is 23.3 Å². The molecule has 0 fully saturated rings. The van der Waals surface area contributed by atoms with E-state index < -0.39 is 0 Å². The summed E-state index contributed by atoms with van der Waals surface area (Å²) in [6.07, 6.45) is 3.03. The van der Waals surface area contributed by atoms with Gasteiger partial charge in [0.05, 0.1) is 11.4 Å². The summed E-state index contributed by atoms with van der Waals surface area (Å²) < 4.78 is 8.26. The van der Waals surface area contributed by atoms with Gasteiger partial charge in [-0.3, -0.25) is 0 Å². The Balaban J connectivity index is 2.17. The van der Waals surface area contributed by atoms with Gasteiger partial charge in [0.25, 0.3) is 0 Å². The lowest BCUT2D eigenvalue weighted by Gasteiger charge is -2.11. The summed E-state index contributed by atoms with van der Waals surface area (Å²) in [5, 5.41) is 3.39. The largest absolute Gasteiger partial charge is 0.385 e. The van der Waals surface area contributed by atoms with E-state index in [2.05, 4.69) is 56.1 Å². The minimum atomic E-state index is 0.755. The zero-order chi connectivity index (χ0) is 14.5. The standard InChI is InChI=1S/C15H20BrN3O/c1-11-5-6-13(16)14(9-11)18-15-17-12(2)10-19(15)7-4-8-20-3/h5-6,9-10H,4,7-8H2,1-3H3,(H,17,18). The molecule has 1 aromatic carbocycles. The van der Waals surface area contributed by atoms with Crippen LogP contribution in [0.15, 0.2) is 28.9 Å². The number of benzene rings is 1. The maximum Gasteiger partial charge on any atom is 0.207 e. The number of hydrogen-bond donors (Lipinski definition) is 1. The summed E-state index contributed by atoms with van der Waals surface area (Å²) in [4.78, 5) is 4.55. The van der Waals surface area contributed by atoms with Crippen molar-refractivity contribution in [2.75, 3.05) is 19.0 Å². The Morgan fingerprint density at radius 1 is 1.35 bits per heavy atom. The first-order chi connectivity index (χ1) is 9.60. The van der Waals surface area contributed by atoms with Crippen molar-refractivity contribution in [1.29, 1.82) is 0 Å². The third-order valence-electron chi connectivity index (χ3n) is 3.01. The molecule has 5 heteroatoms. The average molecular weight is 338 g/mol. The summed E-state index contributed by atoms with van der Waals surface area (Å²) in [6.45, 7) is 5.72. The number of rotatable bonds is 6. The number of anilines is 2. The molecule has 0 unspecified atom stereocenters. The maximum absolute atomic E-state index is 5.10. The monoisotopic (exact) mass is 337 g/mol. The van der Waals surface area contributed by atoms with Gasteiger partial charge in [-0.2, -0.15) is 0 Å². The second kappa shape index (κ2) is 6.90. The molecular formula is C15H20BrN3O. The van der Waals surface area contributed by atoms with Crippen LogP contribution in [0.3, 0.4) is 0 Å². The Morgan fingerprint density at radius 2 is 2.15 bits per heavy atom. The molecule has 2 rings (SSSR count). The highest BCUT2D eigenvalue weighted by Gasteiger charge is 2.08. The minimum absolute atomic E-state index is 0.755. The summed E-state index contributed by atoms with van der Waals surface area (Å²) in [5.74, 6) is 0.866. The van der Waals surface area contributed by atoms with Gasteiger partial charge in [-0.25, -0.2) is 4.98 Å². The highest BCUT2D eigenvalue weighted by Crippen LogP contribution is 2.26. The molecule has 0 aliphatic heterocycles. The third kappa shape index (κ3) is 3.84. The van der Waals surface area contributed by atoms with Gasteiger partial charge >= 0.3 is 0 Å². The molecular weight excluding hydrogens is 318 g/mol. The molecule has 2 aromatic rings. The lowest BCUT2D eigenvalue weighted by molar-refractivity contribution is 0.190. The van der Waals surface area contributed by atoms with E-state index in [1.54, 1.807) is 7.11 Å². The zero-order valence-electron chi connectivity index (χ0n) is 12.1. The van der Waals surface area contributed by atoms with Crippen molar-refractivity contribution in [3.05, 3.63) is 40.1 Å². The molecule has 0 bridgehead atoms. The molecule has 1 heterocycles. The molecule has 20 heavy (non-hydrogen) atoms. The summed E-state index contributed by atoms with van der Waals surface area (Å²) >= 11 is 3.56. The van der Waals surface area contributed by atoms with Crippen molar-refractivity contribution in [3.63, 3.8) is 0 Å². The minimum Gasteiger partial charge on any atom is -0.385 e. The van der Waals surface area contributed by atoms with Crippen molar-refractivity contribution < 1.29 is 4.74 Å². The van der Waals surface area contributed by atoms with Gasteiger partial charge in [-0.1, -0.05) is 6.07 Å². The van der Waals surface area contributed by atoms with E-state index in [9.17, 15) is 0 Å². The Morgan fingerprint density at radius 3 is 2.90 bits per heavy atom. The number of aryl methyl sites for hydroxylation is 3. The lowest BCUT2D eigenvalue weighted by atomic mass is 10.2. The van der Waals surface area contributed by atoms with Gasteiger partial charge in [0, 0.05) is 30.9 Å². The Labute approximate surface area is 128 Å². The van der Waals surface area contributed by atoms with Crippen molar-refractivity contribution in [2.45, 2.75) is 26.8 Å². The molecule has 0 atom stereocenters. The first kappa shape index (κ1) is 15.1. The number of hydrogen-bond acceptors (Lipinski definition) is 3. The number of halogens is 1. The molecule has 1 aromatic heterocycles. The average Bonchev–Trinajstić information content (AvgIpc) is 2.74. The predicted molar refractivity (Wildman–Crippen MR) is 85.6 cm³/mol. The number of imidazole rings is 1. The first-order valence-electron chi connectivity index (χ1n) is 6.66. The zero-order valence-corrected chi connectivity index (χ0v) is 13.7. The fourth-order valence-corrected chi connectivity index (χ4v) is 2.40. The molecule has 0 saturated carbocycles. The highest BCUT2D eigenvalue weighted by molar-refractivity contribution is 9.10. The van der Waals surface area contributed by atoms with Gasteiger partial charge in [0.1, 0.15) is 0 Å². The van der Waals surface area contributed by atoms with E-state index >= 15 is 0 Å². The van der Waals surface area contributed by atoms with E-state index in [0.29, 0.717) is 0 Å². The van der Waals surface area contributed by atoms with Crippen molar-refractivity contribution in [2.24, 2.45) is 0 Å². The van der Waals surface area contributed by atoms with Crippen molar-refractivity contribution in [1.82, 2.24) is 9.55 Å². The second-order valence-corrected chi connectivity index (χ2v) is 5.71. The van der Waals surface area contributed by atoms with Gasteiger partial charge < -0.3 is 14.6 Å². The van der Waals surface area contributed by atoms with Crippen LogP contribution in [0.2, 0.25) is 0 Å². The molecule has 0 amide bonds. The molecule has 0 aliphatic carbocycles. The quantitative estimate of drug-likeness (QED) is 0.808. The molecule has 0 saturated heterocycles. The normalized spacial score (nSPS) is 10.8. The van der Waals surface area contributed by atoms with Crippen molar-refractivity contribution in [3.8, 4) is 0 Å². The van der Waals surface area contributed by atoms with Crippen LogP contribution < -0.4 is 5.32 Å². The molecule has 0 spiro atoms. The van der Waals surface area contributed by atoms with Crippen LogP contribution in [0.1, 0.15) is 17.7 Å². The van der Waals surface area contributed by atoms with E-state index in [1.807, 2.05) is 13.0 Å². The lowest BCUT2D eigenvalue weighted by Crippen LogP contribution is -2.05. The van der Waals surface area contributed by atoms with Gasteiger partial charge in [-0.05, 0) is 53.9 Å². The van der Waals surface area contributed by atoms with Crippen LogP contribution in [0.5, 0.6) is 0 Å². The number of nitrogens with one attached hydrogen (secondary N) is 1. The highest BCUT2D eigenvalue weighted by atomic mass is 79.9. The smallest absolute Gasteiger partial charge is 0.207 e. The Kier molecular flexibility index (Phi) is 5.20. The van der Waals surface area contributed by atoms with Gasteiger partial charge in [0.15, 0.2) is 0 Å². The fourth-order valence-electron chi connectivity index (χ4n) is 2.05. The van der Waals surface area contributed by atoms with Gasteiger partial charge in [0.2, 0.25) is 5.95 Å². The summed E-state index contributed by atoms with van der Waals surface area (Å²) in [5.41, 5.74) is 3.25. The number of nitrogens with zero attached hydrogens (tertiary/aromatic N) is 2. The van der Waals surface area contributed by atoms with Crippen LogP contribution in [0, 0.1) is 13.8 Å². The third-order valence-corrected chi connectivity index (χ3v) is 3.70. The summed E-state index contributed by atoms with van der Waals surface area (Å²) in [7, 11) is 1.72. The molecule has 0 radical (unpaired) electrons. The van der Waals surface area contributed by atoms with E-state index in [-0.39, 0.29) is 0 Å². The van der Waals surface area contributed by atoms with E-state index in [4.69, 9.17) is 4.74 Å².